The van der Waals surface area contributed by atoms with E-state index >= 15 is 0 Å². The van der Waals surface area contributed by atoms with Gasteiger partial charge in [0.1, 0.15) is 5.65 Å². The first kappa shape index (κ1) is 25.6. The van der Waals surface area contributed by atoms with Crippen molar-refractivity contribution in [2.45, 2.75) is 25.3 Å². The van der Waals surface area contributed by atoms with E-state index in [1.54, 1.807) is 18.5 Å². The van der Waals surface area contributed by atoms with Crippen molar-refractivity contribution in [1.29, 1.82) is 0 Å². The van der Waals surface area contributed by atoms with Gasteiger partial charge in [0.15, 0.2) is 0 Å². The molecule has 37 heavy (non-hydrogen) atoms. The largest absolute Gasteiger partial charge is 0.350 e. The number of hydrogen-bond acceptors (Lipinski definition) is 7. The van der Waals surface area contributed by atoms with Gasteiger partial charge in [-0.15, -0.1) is 0 Å². The molecule has 196 valence electrons. The number of fused-ring (bicyclic) bond motifs is 1. The summed E-state index contributed by atoms with van der Waals surface area (Å²) in [5.41, 5.74) is 2.42. The summed E-state index contributed by atoms with van der Waals surface area (Å²) in [5.74, 6) is 1.23. The van der Waals surface area contributed by atoms with Gasteiger partial charge in [-0.1, -0.05) is 17.7 Å². The second kappa shape index (κ2) is 11.6. The Labute approximate surface area is 222 Å². The summed E-state index contributed by atoms with van der Waals surface area (Å²) in [5, 5.41) is 5.04. The minimum atomic E-state index is 0.129. The molecule has 0 saturated carbocycles. The maximum absolute atomic E-state index is 12.5. The van der Waals surface area contributed by atoms with Gasteiger partial charge in [0.05, 0.1) is 16.9 Å². The van der Waals surface area contributed by atoms with Gasteiger partial charge in [-0.3, -0.25) is 4.79 Å². The first-order chi connectivity index (χ1) is 18.0. The number of carbonyl (C=O) groups is 1. The smallest absolute Gasteiger partial charge is 0.246 e. The van der Waals surface area contributed by atoms with Crippen LogP contribution in [0.4, 0.5) is 5.95 Å². The lowest BCUT2D eigenvalue weighted by Gasteiger charge is -2.34. The summed E-state index contributed by atoms with van der Waals surface area (Å²) in [6.45, 7) is 5.49. The second-order valence-electron chi connectivity index (χ2n) is 10.3. The number of piperidine rings is 1. The lowest BCUT2D eigenvalue weighted by atomic mass is 10.0. The van der Waals surface area contributed by atoms with Crippen molar-refractivity contribution in [1.82, 2.24) is 34.6 Å². The van der Waals surface area contributed by atoms with Gasteiger partial charge in [-0.25, -0.2) is 15.0 Å². The van der Waals surface area contributed by atoms with Gasteiger partial charge in [0.2, 0.25) is 11.9 Å². The van der Waals surface area contributed by atoms with E-state index in [-0.39, 0.29) is 11.9 Å². The number of aromatic amines is 1. The molecule has 2 atom stereocenters. The Morgan fingerprint density at radius 2 is 2.16 bits per heavy atom. The molecule has 2 saturated heterocycles. The predicted octanol–water partition coefficient (Wildman–Crippen LogP) is 3.52. The molecule has 2 aliphatic heterocycles. The summed E-state index contributed by atoms with van der Waals surface area (Å²) >= 11 is 6.50. The van der Waals surface area contributed by atoms with E-state index in [0.29, 0.717) is 22.6 Å². The number of H-pyrrole nitrogens is 1. The fourth-order valence-electron chi connectivity index (χ4n) is 5.32. The van der Waals surface area contributed by atoms with E-state index in [2.05, 4.69) is 25.2 Å². The minimum absolute atomic E-state index is 0.129. The second-order valence-corrected chi connectivity index (χ2v) is 10.7. The quantitative estimate of drug-likeness (QED) is 0.437. The Morgan fingerprint density at radius 1 is 1.27 bits per heavy atom. The first-order valence-corrected chi connectivity index (χ1v) is 13.4. The number of aromatic nitrogens is 4. The van der Waals surface area contributed by atoms with Crippen LogP contribution >= 0.6 is 11.6 Å². The molecule has 0 radical (unpaired) electrons. The van der Waals surface area contributed by atoms with E-state index < -0.39 is 0 Å². The van der Waals surface area contributed by atoms with Crippen LogP contribution in [0.5, 0.6) is 0 Å². The van der Waals surface area contributed by atoms with Crippen molar-refractivity contribution in [3.63, 3.8) is 0 Å². The fourth-order valence-corrected chi connectivity index (χ4v) is 5.51. The highest BCUT2D eigenvalue weighted by Gasteiger charge is 2.29. The number of likely N-dealkylation sites (tertiary alicyclic amines) is 2. The number of amides is 1. The Bertz CT molecular complexity index is 1260. The lowest BCUT2D eigenvalue weighted by molar-refractivity contribution is -0.125. The number of carbonyl (C=O) groups excluding carboxylic acids is 1. The molecule has 5 rings (SSSR count). The molecule has 0 aliphatic carbocycles. The van der Waals surface area contributed by atoms with Crippen molar-refractivity contribution in [3.8, 4) is 11.3 Å². The molecule has 10 heteroatoms. The molecule has 0 aromatic carbocycles. The van der Waals surface area contributed by atoms with E-state index in [4.69, 9.17) is 16.6 Å². The molecule has 2 N–H and O–H groups in total. The summed E-state index contributed by atoms with van der Waals surface area (Å²) < 4.78 is 0. The van der Waals surface area contributed by atoms with Crippen molar-refractivity contribution in [2.75, 3.05) is 58.7 Å². The van der Waals surface area contributed by atoms with Gasteiger partial charge in [-0.05, 0) is 58.0 Å². The number of nitrogens with zero attached hydrogens (tertiary/aromatic N) is 6. The van der Waals surface area contributed by atoms with Gasteiger partial charge >= 0.3 is 0 Å². The number of rotatable bonds is 8. The molecule has 2 fully saturated rings. The maximum atomic E-state index is 12.5. The average molecular weight is 523 g/mol. The Hall–Kier alpha value is -3.01. The highest BCUT2D eigenvalue weighted by Crippen LogP contribution is 2.32. The van der Waals surface area contributed by atoms with Crippen molar-refractivity contribution in [3.05, 3.63) is 47.9 Å². The van der Waals surface area contributed by atoms with E-state index in [1.165, 1.54) is 0 Å². The molecular weight excluding hydrogens is 488 g/mol. The number of likely N-dealkylation sites (N-methyl/N-ethyl adjacent to an activating group) is 1. The van der Waals surface area contributed by atoms with Crippen LogP contribution in [-0.4, -0.2) is 99.9 Å². The van der Waals surface area contributed by atoms with Crippen LogP contribution in [-0.2, 0) is 4.79 Å². The van der Waals surface area contributed by atoms with E-state index in [0.717, 1.165) is 75.1 Å². The van der Waals surface area contributed by atoms with Gasteiger partial charge < -0.3 is 25.0 Å². The molecular formula is C27H35ClN8O. The Kier molecular flexibility index (Phi) is 8.02. The zero-order valence-corrected chi connectivity index (χ0v) is 22.3. The zero-order valence-electron chi connectivity index (χ0n) is 21.5. The standard InChI is InChI=1S/C27H35ClN8O/c1-34(2)11-5-8-24(37)36-13-9-19(17-36)16-35-12-4-6-20(18-35)32-27-31-15-23(28)25(33-27)22-14-30-26-21(22)7-3-10-29-26/h3,5,7-8,10,14-15,19-20H,4,6,9,11-13,16-18H2,1-2H3,(H,29,30)(H,31,32,33)/b8-5+/t19?,20-/m1/s1. The van der Waals surface area contributed by atoms with Crippen LogP contribution in [0.1, 0.15) is 19.3 Å². The van der Waals surface area contributed by atoms with Crippen molar-refractivity contribution in [2.24, 2.45) is 5.92 Å². The van der Waals surface area contributed by atoms with Crippen molar-refractivity contribution >= 4 is 34.5 Å². The summed E-state index contributed by atoms with van der Waals surface area (Å²) in [6.07, 6.45) is 12.2. The SMILES string of the molecule is CN(C)C/C=C/C(=O)N1CCC(CN2CCC[C@@H](Nc3ncc(Cl)c(-c4c[nH]c5ncccc45)n3)C2)C1. The average Bonchev–Trinajstić information content (AvgIpc) is 3.53. The highest BCUT2D eigenvalue weighted by atomic mass is 35.5. The van der Waals surface area contributed by atoms with Crippen LogP contribution in [0, 0.1) is 5.92 Å². The third-order valence-electron chi connectivity index (χ3n) is 7.13. The lowest BCUT2D eigenvalue weighted by Crippen LogP contribution is -2.44. The van der Waals surface area contributed by atoms with E-state index in [9.17, 15) is 4.79 Å². The van der Waals surface area contributed by atoms with Crippen LogP contribution in [0.25, 0.3) is 22.3 Å². The first-order valence-electron chi connectivity index (χ1n) is 13.0. The van der Waals surface area contributed by atoms with Crippen LogP contribution in [0.3, 0.4) is 0 Å². The zero-order chi connectivity index (χ0) is 25.8. The predicted molar refractivity (Wildman–Crippen MR) is 148 cm³/mol. The molecule has 3 aromatic heterocycles. The molecule has 0 spiro atoms. The van der Waals surface area contributed by atoms with Crippen LogP contribution in [0.2, 0.25) is 5.02 Å². The molecule has 2 aliphatic rings. The van der Waals surface area contributed by atoms with Gasteiger partial charge in [0.25, 0.3) is 0 Å². The third-order valence-corrected chi connectivity index (χ3v) is 7.41. The van der Waals surface area contributed by atoms with Crippen LogP contribution in [0.15, 0.2) is 42.9 Å². The number of halogens is 1. The topological polar surface area (TPSA) is 93.3 Å². The normalized spacial score (nSPS) is 20.9. The van der Waals surface area contributed by atoms with Crippen molar-refractivity contribution < 1.29 is 4.79 Å². The monoisotopic (exact) mass is 522 g/mol. The van der Waals surface area contributed by atoms with E-state index in [1.807, 2.05) is 48.3 Å². The summed E-state index contributed by atoms with van der Waals surface area (Å²) in [4.78, 5) is 35.8. The minimum Gasteiger partial charge on any atom is -0.350 e. The molecule has 9 nitrogen and oxygen atoms in total. The number of hydrogen-bond donors (Lipinski definition) is 2. The maximum Gasteiger partial charge on any atom is 0.246 e. The Balaban J connectivity index is 1.17. The van der Waals surface area contributed by atoms with Gasteiger partial charge in [-0.2, -0.15) is 0 Å². The summed E-state index contributed by atoms with van der Waals surface area (Å²) in [6, 6.07) is 4.18. The number of anilines is 1. The fraction of sp³-hybridized carbons (Fsp3) is 0.481. The Morgan fingerprint density at radius 3 is 3.03 bits per heavy atom. The molecule has 1 amide bonds. The molecule has 3 aromatic rings. The molecule has 1 unspecified atom stereocenters. The molecule has 5 heterocycles. The molecule has 0 bridgehead atoms. The van der Waals surface area contributed by atoms with Gasteiger partial charge in [0, 0.05) is 68.2 Å². The number of pyridine rings is 1. The third kappa shape index (κ3) is 6.29. The van der Waals surface area contributed by atoms with Crippen LogP contribution < -0.4 is 5.32 Å². The summed E-state index contributed by atoms with van der Waals surface area (Å²) in [7, 11) is 4.00. The highest BCUT2D eigenvalue weighted by molar-refractivity contribution is 6.33. The number of nitrogens with one attached hydrogen (secondary N) is 2.